The Hall–Kier alpha value is -2.37. The number of fused-ring (bicyclic) bond motifs is 2. The summed E-state index contributed by atoms with van der Waals surface area (Å²) in [4.78, 5) is 15.1. The lowest BCUT2D eigenvalue weighted by atomic mass is 9.96. The molecule has 0 saturated carbocycles. The largest absolute Gasteiger partial charge is 0.489 e. The van der Waals surface area contributed by atoms with Gasteiger partial charge in [0.2, 0.25) is 0 Å². The van der Waals surface area contributed by atoms with Gasteiger partial charge in [0.1, 0.15) is 18.5 Å². The van der Waals surface area contributed by atoms with Gasteiger partial charge in [-0.25, -0.2) is 0 Å². The highest BCUT2D eigenvalue weighted by Crippen LogP contribution is 2.36. The van der Waals surface area contributed by atoms with Crippen LogP contribution in [0.3, 0.4) is 0 Å². The smallest absolute Gasteiger partial charge is 0.311 e. The zero-order valence-corrected chi connectivity index (χ0v) is 17.7. The van der Waals surface area contributed by atoms with E-state index in [4.69, 9.17) is 9.47 Å². The van der Waals surface area contributed by atoms with Crippen LogP contribution in [0.15, 0.2) is 54.6 Å². The second kappa shape index (κ2) is 9.19. The number of benzene rings is 2. The van der Waals surface area contributed by atoms with E-state index in [1.807, 2.05) is 48.5 Å². The molecule has 5 nitrogen and oxygen atoms in total. The monoisotopic (exact) mass is 409 g/mol. The summed E-state index contributed by atoms with van der Waals surface area (Å²) in [5.41, 5.74) is 1.74. The van der Waals surface area contributed by atoms with Crippen molar-refractivity contribution >= 4 is 5.97 Å². The summed E-state index contributed by atoms with van der Waals surface area (Å²) in [7, 11) is 2.17. The fourth-order valence-electron chi connectivity index (χ4n) is 4.68. The minimum Gasteiger partial charge on any atom is -0.489 e. The Kier molecular flexibility index (Phi) is 6.40. The SMILES string of the molecule is CC(C(=O)OC1C[C@H]2CC[C@@H](C1)N2C)C(O)c1cccc(OCc2ccccc2)c1. The molecule has 4 rings (SSSR count). The van der Waals surface area contributed by atoms with Crippen LogP contribution in [0.25, 0.3) is 0 Å². The predicted octanol–water partition coefficient (Wildman–Crippen LogP) is 4.10. The zero-order chi connectivity index (χ0) is 21.1. The molecule has 3 unspecified atom stereocenters. The minimum atomic E-state index is -0.930. The van der Waals surface area contributed by atoms with Gasteiger partial charge in [0.25, 0.3) is 0 Å². The molecule has 30 heavy (non-hydrogen) atoms. The van der Waals surface area contributed by atoms with Crippen molar-refractivity contribution in [2.75, 3.05) is 7.05 Å². The van der Waals surface area contributed by atoms with Crippen LogP contribution in [-0.2, 0) is 16.1 Å². The number of carbonyl (C=O) groups excluding carboxylic acids is 1. The first-order chi connectivity index (χ1) is 14.5. The molecule has 2 aliphatic rings. The molecule has 2 aliphatic heterocycles. The molecule has 0 radical (unpaired) electrons. The average Bonchev–Trinajstić information content (AvgIpc) is 2.98. The van der Waals surface area contributed by atoms with Crippen molar-refractivity contribution in [2.24, 2.45) is 5.92 Å². The molecule has 2 aromatic rings. The molecule has 0 aliphatic carbocycles. The fraction of sp³-hybridized carbons (Fsp3) is 0.480. The molecule has 5 atom stereocenters. The highest BCUT2D eigenvalue weighted by Gasteiger charge is 2.40. The molecule has 2 heterocycles. The van der Waals surface area contributed by atoms with Gasteiger partial charge < -0.3 is 19.5 Å². The normalized spacial score (nSPS) is 25.5. The van der Waals surface area contributed by atoms with E-state index in [0.29, 0.717) is 30.0 Å². The molecule has 5 heteroatoms. The highest BCUT2D eigenvalue weighted by molar-refractivity contribution is 5.73. The first kappa shape index (κ1) is 20.9. The van der Waals surface area contributed by atoms with Crippen molar-refractivity contribution in [1.82, 2.24) is 4.90 Å². The fourth-order valence-corrected chi connectivity index (χ4v) is 4.68. The van der Waals surface area contributed by atoms with Crippen molar-refractivity contribution in [3.8, 4) is 5.75 Å². The molecule has 2 saturated heterocycles. The van der Waals surface area contributed by atoms with Gasteiger partial charge in [-0.2, -0.15) is 0 Å². The lowest BCUT2D eigenvalue weighted by Crippen LogP contribution is -2.44. The van der Waals surface area contributed by atoms with Crippen molar-refractivity contribution < 1.29 is 19.4 Å². The number of piperidine rings is 1. The molecule has 1 N–H and O–H groups in total. The topological polar surface area (TPSA) is 59.0 Å². The Bertz CT molecular complexity index is 841. The third kappa shape index (κ3) is 4.68. The summed E-state index contributed by atoms with van der Waals surface area (Å²) in [5.74, 6) is -0.290. The van der Waals surface area contributed by atoms with Gasteiger partial charge in [-0.15, -0.1) is 0 Å². The average molecular weight is 410 g/mol. The van der Waals surface area contributed by atoms with Crippen LogP contribution < -0.4 is 4.74 Å². The number of rotatable bonds is 7. The first-order valence-corrected chi connectivity index (χ1v) is 10.9. The second-order valence-corrected chi connectivity index (χ2v) is 8.66. The summed E-state index contributed by atoms with van der Waals surface area (Å²) in [6, 6.07) is 18.3. The quantitative estimate of drug-likeness (QED) is 0.698. The molecule has 0 amide bonds. The summed E-state index contributed by atoms with van der Waals surface area (Å²) >= 11 is 0. The van der Waals surface area contributed by atoms with E-state index in [1.165, 1.54) is 12.8 Å². The van der Waals surface area contributed by atoms with Gasteiger partial charge >= 0.3 is 5.97 Å². The van der Waals surface area contributed by atoms with Crippen LogP contribution in [0.5, 0.6) is 5.75 Å². The number of aliphatic hydroxyl groups is 1. The number of carbonyl (C=O) groups is 1. The Morgan fingerprint density at radius 3 is 2.50 bits per heavy atom. The number of esters is 1. The van der Waals surface area contributed by atoms with Crippen LogP contribution in [0.2, 0.25) is 0 Å². The Morgan fingerprint density at radius 2 is 1.80 bits per heavy atom. The van der Waals surface area contributed by atoms with Crippen LogP contribution in [0.4, 0.5) is 0 Å². The second-order valence-electron chi connectivity index (χ2n) is 8.66. The number of hydrogen-bond donors (Lipinski definition) is 1. The summed E-state index contributed by atoms with van der Waals surface area (Å²) in [5, 5.41) is 10.8. The molecular weight excluding hydrogens is 378 g/mol. The van der Waals surface area contributed by atoms with Crippen LogP contribution in [-0.4, -0.2) is 41.2 Å². The maximum absolute atomic E-state index is 12.7. The third-order valence-electron chi connectivity index (χ3n) is 6.63. The maximum Gasteiger partial charge on any atom is 0.311 e. The van der Waals surface area contributed by atoms with Crippen molar-refractivity contribution in [2.45, 2.75) is 63.5 Å². The van der Waals surface area contributed by atoms with Gasteiger partial charge in [-0.05, 0) is 62.9 Å². The molecule has 2 fully saturated rings. The predicted molar refractivity (Wildman–Crippen MR) is 115 cm³/mol. The van der Waals surface area contributed by atoms with Gasteiger partial charge in [-0.1, -0.05) is 42.5 Å². The first-order valence-electron chi connectivity index (χ1n) is 10.9. The summed E-state index contributed by atoms with van der Waals surface area (Å²) in [6.07, 6.45) is 3.18. The highest BCUT2D eigenvalue weighted by atomic mass is 16.5. The molecule has 2 aromatic carbocycles. The van der Waals surface area contributed by atoms with E-state index in [1.54, 1.807) is 13.0 Å². The zero-order valence-electron chi connectivity index (χ0n) is 17.7. The van der Waals surface area contributed by atoms with Crippen LogP contribution in [0, 0.1) is 5.92 Å². The van der Waals surface area contributed by atoms with Crippen LogP contribution >= 0.6 is 0 Å². The molecule has 2 bridgehead atoms. The Labute approximate surface area is 178 Å². The van der Waals surface area contributed by atoms with Crippen molar-refractivity contribution in [3.63, 3.8) is 0 Å². The third-order valence-corrected chi connectivity index (χ3v) is 6.63. The van der Waals surface area contributed by atoms with Gasteiger partial charge in [0, 0.05) is 12.1 Å². The van der Waals surface area contributed by atoms with E-state index < -0.39 is 12.0 Å². The van der Waals surface area contributed by atoms with Gasteiger partial charge in [0.15, 0.2) is 0 Å². The van der Waals surface area contributed by atoms with Gasteiger partial charge in [-0.3, -0.25) is 4.79 Å². The van der Waals surface area contributed by atoms with Crippen LogP contribution in [0.1, 0.15) is 49.8 Å². The molecule has 0 spiro atoms. The lowest BCUT2D eigenvalue weighted by Gasteiger charge is -2.36. The van der Waals surface area contributed by atoms with E-state index in [2.05, 4.69) is 11.9 Å². The van der Waals surface area contributed by atoms with E-state index in [0.717, 1.165) is 18.4 Å². The molecule has 160 valence electrons. The van der Waals surface area contributed by atoms with Crippen molar-refractivity contribution in [1.29, 1.82) is 0 Å². The van der Waals surface area contributed by atoms with Crippen molar-refractivity contribution in [3.05, 3.63) is 65.7 Å². The van der Waals surface area contributed by atoms with E-state index >= 15 is 0 Å². The Balaban J connectivity index is 1.34. The number of ether oxygens (including phenoxy) is 2. The molecular formula is C25H31NO4. The standard InChI is InChI=1S/C25H31NO4/c1-17(25(28)30-23-14-20-11-12-21(15-23)26(20)2)24(27)19-9-6-10-22(13-19)29-16-18-7-4-3-5-8-18/h3-10,13,17,20-21,23-24,27H,11-12,14-16H2,1-2H3/t17?,20-,21+,23?,24?. The molecule has 0 aromatic heterocycles. The van der Waals surface area contributed by atoms with E-state index in [9.17, 15) is 9.90 Å². The minimum absolute atomic E-state index is 0.0404. The van der Waals surface area contributed by atoms with E-state index in [-0.39, 0.29) is 12.1 Å². The maximum atomic E-state index is 12.7. The number of hydrogen-bond acceptors (Lipinski definition) is 5. The summed E-state index contributed by atoms with van der Waals surface area (Å²) in [6.45, 7) is 2.19. The lowest BCUT2D eigenvalue weighted by molar-refractivity contribution is -0.160. The Morgan fingerprint density at radius 1 is 1.10 bits per heavy atom. The number of aliphatic hydroxyl groups excluding tert-OH is 1. The van der Waals surface area contributed by atoms with Gasteiger partial charge in [0.05, 0.1) is 12.0 Å². The number of nitrogens with zero attached hydrogens (tertiary/aromatic N) is 1. The summed E-state index contributed by atoms with van der Waals surface area (Å²) < 4.78 is 11.7.